The number of ether oxygens (including phenoxy) is 1. The van der Waals surface area contributed by atoms with Crippen molar-refractivity contribution in [2.45, 2.75) is 50.9 Å². The summed E-state index contributed by atoms with van der Waals surface area (Å²) < 4.78 is 5.35. The van der Waals surface area contributed by atoms with Crippen LogP contribution < -0.4 is 0 Å². The smallest absolute Gasteiger partial charge is 0.0950 e. The number of methoxy groups -OCH3 is 1. The van der Waals surface area contributed by atoms with Gasteiger partial charge in [0.25, 0.3) is 0 Å². The minimum atomic E-state index is -0.453. The molecule has 18 heavy (non-hydrogen) atoms. The lowest BCUT2D eigenvalue weighted by molar-refractivity contribution is -0.0862. The van der Waals surface area contributed by atoms with Crippen molar-refractivity contribution < 1.29 is 9.84 Å². The third-order valence-electron chi connectivity index (χ3n) is 4.66. The van der Waals surface area contributed by atoms with Gasteiger partial charge in [0.15, 0.2) is 0 Å². The molecule has 2 unspecified atom stereocenters. The Kier molecular flexibility index (Phi) is 4.64. The lowest BCUT2D eigenvalue weighted by atomic mass is 10.0. The zero-order valence-corrected chi connectivity index (χ0v) is 12.1. The standard InChI is InChI=1S/C14H28N2O2/c1-14(2,18-3)13(17)11-15-9-6-12(10-15)16-7-4-5-8-16/h12-13,17H,4-11H2,1-3H3. The number of aliphatic hydroxyl groups excluding tert-OH is 1. The predicted molar refractivity (Wildman–Crippen MR) is 72.7 cm³/mol. The molecule has 0 aromatic rings. The van der Waals surface area contributed by atoms with Crippen molar-refractivity contribution in [1.29, 1.82) is 0 Å². The summed E-state index contributed by atoms with van der Waals surface area (Å²) in [5.74, 6) is 0. The van der Waals surface area contributed by atoms with Crippen molar-refractivity contribution in [2.75, 3.05) is 39.8 Å². The number of hydrogen-bond donors (Lipinski definition) is 1. The van der Waals surface area contributed by atoms with Crippen LogP contribution in [-0.2, 0) is 4.74 Å². The van der Waals surface area contributed by atoms with E-state index in [1.54, 1.807) is 7.11 Å². The first kappa shape index (κ1) is 14.3. The van der Waals surface area contributed by atoms with Crippen molar-refractivity contribution in [3.63, 3.8) is 0 Å². The van der Waals surface area contributed by atoms with Gasteiger partial charge in [-0.25, -0.2) is 0 Å². The number of aliphatic hydroxyl groups is 1. The summed E-state index contributed by atoms with van der Waals surface area (Å²) >= 11 is 0. The maximum atomic E-state index is 10.2. The van der Waals surface area contributed by atoms with Crippen LogP contribution in [-0.4, -0.2) is 72.5 Å². The van der Waals surface area contributed by atoms with Crippen LogP contribution in [0.1, 0.15) is 33.1 Å². The van der Waals surface area contributed by atoms with Gasteiger partial charge < -0.3 is 9.84 Å². The Morgan fingerprint density at radius 1 is 1.28 bits per heavy atom. The lowest BCUT2D eigenvalue weighted by Gasteiger charge is -2.32. The van der Waals surface area contributed by atoms with Gasteiger partial charge >= 0.3 is 0 Å². The van der Waals surface area contributed by atoms with Gasteiger partial charge in [0, 0.05) is 26.2 Å². The molecule has 2 fully saturated rings. The van der Waals surface area contributed by atoms with Crippen LogP contribution in [0.2, 0.25) is 0 Å². The van der Waals surface area contributed by atoms with E-state index in [4.69, 9.17) is 4.74 Å². The summed E-state index contributed by atoms with van der Waals surface area (Å²) in [6.45, 7) is 9.38. The zero-order valence-electron chi connectivity index (χ0n) is 12.1. The van der Waals surface area contributed by atoms with Gasteiger partial charge in [-0.1, -0.05) is 0 Å². The first-order chi connectivity index (χ1) is 8.53. The summed E-state index contributed by atoms with van der Waals surface area (Å²) in [5.41, 5.74) is -0.453. The molecular formula is C14H28N2O2. The molecule has 0 bridgehead atoms. The molecule has 0 spiro atoms. The molecule has 106 valence electrons. The maximum Gasteiger partial charge on any atom is 0.0950 e. The Labute approximate surface area is 111 Å². The van der Waals surface area contributed by atoms with E-state index < -0.39 is 11.7 Å². The zero-order chi connectivity index (χ0) is 13.2. The molecule has 0 saturated carbocycles. The summed E-state index contributed by atoms with van der Waals surface area (Å²) in [6, 6.07) is 0.713. The minimum Gasteiger partial charge on any atom is -0.389 e. The van der Waals surface area contributed by atoms with Crippen molar-refractivity contribution in [3.05, 3.63) is 0 Å². The number of likely N-dealkylation sites (tertiary alicyclic amines) is 2. The summed E-state index contributed by atoms with van der Waals surface area (Å²) in [6.07, 6.45) is 3.55. The van der Waals surface area contributed by atoms with Crippen LogP contribution >= 0.6 is 0 Å². The Hall–Kier alpha value is -0.160. The van der Waals surface area contributed by atoms with Gasteiger partial charge in [-0.05, 0) is 52.7 Å². The summed E-state index contributed by atoms with van der Waals surface area (Å²) in [4.78, 5) is 5.00. The van der Waals surface area contributed by atoms with E-state index in [1.165, 1.54) is 32.4 Å². The van der Waals surface area contributed by atoms with Crippen molar-refractivity contribution >= 4 is 0 Å². The maximum absolute atomic E-state index is 10.2. The molecule has 0 aliphatic carbocycles. The molecule has 2 saturated heterocycles. The Morgan fingerprint density at radius 2 is 1.94 bits per heavy atom. The van der Waals surface area contributed by atoms with E-state index in [-0.39, 0.29) is 0 Å². The van der Waals surface area contributed by atoms with Crippen molar-refractivity contribution in [2.24, 2.45) is 0 Å². The van der Waals surface area contributed by atoms with Crippen LogP contribution in [0.4, 0.5) is 0 Å². The van der Waals surface area contributed by atoms with Crippen LogP contribution in [0.5, 0.6) is 0 Å². The highest BCUT2D eigenvalue weighted by atomic mass is 16.5. The fourth-order valence-corrected chi connectivity index (χ4v) is 2.98. The van der Waals surface area contributed by atoms with Gasteiger partial charge in [0.2, 0.25) is 0 Å². The van der Waals surface area contributed by atoms with E-state index in [0.717, 1.165) is 19.6 Å². The van der Waals surface area contributed by atoms with Gasteiger partial charge in [-0.2, -0.15) is 0 Å². The van der Waals surface area contributed by atoms with E-state index in [2.05, 4.69) is 9.80 Å². The van der Waals surface area contributed by atoms with E-state index in [0.29, 0.717) is 6.04 Å². The molecule has 2 aliphatic heterocycles. The van der Waals surface area contributed by atoms with E-state index in [1.807, 2.05) is 13.8 Å². The fourth-order valence-electron chi connectivity index (χ4n) is 2.98. The molecule has 2 heterocycles. The second-order valence-electron chi connectivity index (χ2n) is 6.27. The average Bonchev–Trinajstić information content (AvgIpc) is 2.98. The Morgan fingerprint density at radius 3 is 2.56 bits per heavy atom. The normalized spacial score (nSPS) is 29.0. The average molecular weight is 256 g/mol. The summed E-state index contributed by atoms with van der Waals surface area (Å²) in [7, 11) is 1.67. The first-order valence-electron chi connectivity index (χ1n) is 7.22. The number of rotatable bonds is 5. The molecule has 4 heteroatoms. The van der Waals surface area contributed by atoms with Gasteiger partial charge in [-0.15, -0.1) is 0 Å². The molecular weight excluding hydrogens is 228 g/mol. The van der Waals surface area contributed by atoms with Crippen molar-refractivity contribution in [1.82, 2.24) is 9.80 Å². The monoisotopic (exact) mass is 256 g/mol. The van der Waals surface area contributed by atoms with E-state index in [9.17, 15) is 5.11 Å². The molecule has 4 nitrogen and oxygen atoms in total. The molecule has 2 rings (SSSR count). The van der Waals surface area contributed by atoms with Gasteiger partial charge in [0.05, 0.1) is 11.7 Å². The number of hydrogen-bond acceptors (Lipinski definition) is 4. The third-order valence-corrected chi connectivity index (χ3v) is 4.66. The minimum absolute atomic E-state index is 0.417. The largest absolute Gasteiger partial charge is 0.389 e. The topological polar surface area (TPSA) is 35.9 Å². The molecule has 0 aromatic carbocycles. The third kappa shape index (κ3) is 3.23. The fraction of sp³-hybridized carbons (Fsp3) is 1.00. The van der Waals surface area contributed by atoms with E-state index >= 15 is 0 Å². The first-order valence-corrected chi connectivity index (χ1v) is 7.22. The molecule has 0 amide bonds. The van der Waals surface area contributed by atoms with Crippen molar-refractivity contribution in [3.8, 4) is 0 Å². The highest BCUT2D eigenvalue weighted by Gasteiger charge is 2.34. The van der Waals surface area contributed by atoms with Gasteiger partial charge in [0.1, 0.15) is 0 Å². The number of nitrogens with zero attached hydrogens (tertiary/aromatic N) is 2. The predicted octanol–water partition coefficient (Wildman–Crippen LogP) is 0.942. The molecule has 2 aliphatic rings. The van der Waals surface area contributed by atoms with Crippen LogP contribution in [0.3, 0.4) is 0 Å². The SMILES string of the molecule is COC(C)(C)C(O)CN1CCC(N2CCCC2)C1. The molecule has 1 N–H and O–H groups in total. The van der Waals surface area contributed by atoms with Crippen LogP contribution in [0, 0.1) is 0 Å². The Bertz CT molecular complexity index is 265. The molecule has 0 aromatic heterocycles. The second-order valence-corrected chi connectivity index (χ2v) is 6.27. The quantitative estimate of drug-likeness (QED) is 0.794. The van der Waals surface area contributed by atoms with Crippen LogP contribution in [0.15, 0.2) is 0 Å². The molecule has 2 atom stereocenters. The van der Waals surface area contributed by atoms with Gasteiger partial charge in [-0.3, -0.25) is 9.80 Å². The number of β-amino-alcohol motifs (C(OH)–C–C–N with tert-alkyl or cyclic N) is 1. The second kappa shape index (κ2) is 5.87. The summed E-state index contributed by atoms with van der Waals surface area (Å²) in [5, 5.41) is 10.2. The molecule has 0 radical (unpaired) electrons. The van der Waals surface area contributed by atoms with Crippen LogP contribution in [0.25, 0.3) is 0 Å². The lowest BCUT2D eigenvalue weighted by Crippen LogP contribution is -2.46. The highest BCUT2D eigenvalue weighted by Crippen LogP contribution is 2.22. The highest BCUT2D eigenvalue weighted by molar-refractivity contribution is 4.89. The Balaban J connectivity index is 1.78.